The molecule has 0 bridgehead atoms. The second-order valence-electron chi connectivity index (χ2n) is 3.02. The van der Waals surface area contributed by atoms with Gasteiger partial charge in [-0.15, -0.1) is 0 Å². The average Bonchev–Trinajstić information content (AvgIpc) is 2.28. The van der Waals surface area contributed by atoms with Crippen LogP contribution in [0.15, 0.2) is 0 Å². The van der Waals surface area contributed by atoms with E-state index in [1.54, 1.807) is 0 Å². The van der Waals surface area contributed by atoms with E-state index in [0.717, 1.165) is 0 Å². The minimum atomic E-state index is -2.38. The normalized spacial score (nSPS) is 44.0. The molecule has 14 heavy (non-hydrogen) atoms. The SMILES string of the molecule is [B][C@@H]1O[C@](F)(CO[P+](C)=[W])[C@@H](O)[C@H]1O. The molecular formula is C6H10BFO4PW+. The molecule has 0 aliphatic carbocycles. The Labute approximate surface area is 93.8 Å². The van der Waals surface area contributed by atoms with Crippen LogP contribution in [0, 0.1) is 0 Å². The van der Waals surface area contributed by atoms with Gasteiger partial charge in [-0.3, -0.25) is 0 Å². The van der Waals surface area contributed by atoms with Crippen LogP contribution >= 0.6 is 5.78 Å². The third-order valence-corrected chi connectivity index (χ3v) is 3.51. The fourth-order valence-corrected chi connectivity index (χ4v) is 2.02. The summed E-state index contributed by atoms with van der Waals surface area (Å²) < 4.78 is 23.5. The summed E-state index contributed by atoms with van der Waals surface area (Å²) in [5, 5.41) is 18.5. The van der Waals surface area contributed by atoms with Crippen molar-refractivity contribution in [3.05, 3.63) is 0 Å². The first-order valence-electron chi connectivity index (χ1n) is 3.89. The first-order chi connectivity index (χ1) is 6.37. The Morgan fingerprint density at radius 3 is 2.64 bits per heavy atom. The monoisotopic (exact) mass is 391 g/mol. The molecule has 0 aromatic carbocycles. The van der Waals surface area contributed by atoms with E-state index < -0.39 is 36.5 Å². The van der Waals surface area contributed by atoms with E-state index >= 15 is 0 Å². The summed E-state index contributed by atoms with van der Waals surface area (Å²) in [7, 11) is 5.23. The van der Waals surface area contributed by atoms with Gasteiger partial charge >= 0.3 is 93.6 Å². The predicted octanol–water partition coefficient (Wildman–Crippen LogP) is -0.596. The molecule has 0 saturated carbocycles. The van der Waals surface area contributed by atoms with Gasteiger partial charge in [0.1, 0.15) is 0 Å². The molecule has 1 fully saturated rings. The summed E-state index contributed by atoms with van der Waals surface area (Å²) in [4.78, 5) is 0. The van der Waals surface area contributed by atoms with Gasteiger partial charge in [0.15, 0.2) is 0 Å². The van der Waals surface area contributed by atoms with Crippen molar-refractivity contribution in [2.24, 2.45) is 0 Å². The molecule has 1 saturated heterocycles. The van der Waals surface area contributed by atoms with E-state index in [1.807, 2.05) is 6.66 Å². The Kier molecular flexibility index (Phi) is 4.39. The third kappa shape index (κ3) is 2.69. The quantitative estimate of drug-likeness (QED) is 0.499. The van der Waals surface area contributed by atoms with Gasteiger partial charge in [0.25, 0.3) is 0 Å². The molecule has 0 spiro atoms. The van der Waals surface area contributed by atoms with Crippen LogP contribution in [-0.2, 0) is 28.1 Å². The van der Waals surface area contributed by atoms with Gasteiger partial charge in [0.05, 0.1) is 0 Å². The molecular weight excluding hydrogens is 381 g/mol. The molecule has 1 rings (SSSR count). The molecule has 4 nitrogen and oxygen atoms in total. The number of hydrogen-bond acceptors (Lipinski definition) is 4. The number of aliphatic hydroxyl groups excluding tert-OH is 2. The second-order valence-corrected chi connectivity index (χ2v) is 9.70. The fourth-order valence-electron chi connectivity index (χ4n) is 1.10. The molecule has 0 amide bonds. The zero-order chi connectivity index (χ0) is 10.9. The average molecular weight is 391 g/mol. The topological polar surface area (TPSA) is 58.9 Å². The molecule has 78 valence electrons. The van der Waals surface area contributed by atoms with Crippen molar-refractivity contribution in [1.29, 1.82) is 0 Å². The van der Waals surface area contributed by atoms with Gasteiger partial charge in [-0.25, -0.2) is 0 Å². The van der Waals surface area contributed by atoms with E-state index in [0.29, 0.717) is 0 Å². The number of ether oxygens (including phenoxy) is 1. The molecule has 1 unspecified atom stereocenters. The Morgan fingerprint density at radius 2 is 2.29 bits per heavy atom. The van der Waals surface area contributed by atoms with Crippen molar-refractivity contribution in [2.75, 3.05) is 13.3 Å². The van der Waals surface area contributed by atoms with Crippen molar-refractivity contribution >= 4 is 13.6 Å². The minimum absolute atomic E-state index is 0.398. The standard InChI is InChI=1S/C6H10BFO4P.W/c1-13-11-2-6(8)4(10)3(9)5(7)12-6;/h3-5,9-10H,2H2,1H3;/q-1;+2/t3-,4+,5-,6-;/m1./s1. The van der Waals surface area contributed by atoms with Gasteiger partial charge in [0.2, 0.25) is 0 Å². The van der Waals surface area contributed by atoms with Crippen molar-refractivity contribution in [2.45, 2.75) is 24.1 Å². The molecule has 0 aromatic heterocycles. The van der Waals surface area contributed by atoms with Crippen molar-refractivity contribution in [3.8, 4) is 0 Å². The fraction of sp³-hybridized carbons (Fsp3) is 1.00. The van der Waals surface area contributed by atoms with Crippen LogP contribution in [0.5, 0.6) is 0 Å². The molecule has 1 aliphatic heterocycles. The maximum absolute atomic E-state index is 13.7. The molecule has 0 aromatic rings. The number of alkyl halides is 1. The Bertz CT molecular complexity index is 246. The number of halogens is 1. The maximum atomic E-state index is 13.7. The van der Waals surface area contributed by atoms with E-state index in [9.17, 15) is 14.6 Å². The molecule has 1 aliphatic rings. The number of hydrogen-bond donors (Lipinski definition) is 2. The summed E-state index contributed by atoms with van der Waals surface area (Å²) in [6, 6.07) is -1.20. The van der Waals surface area contributed by atoms with E-state index in [1.165, 1.54) is 18.8 Å². The van der Waals surface area contributed by atoms with Crippen LogP contribution in [0.4, 0.5) is 4.39 Å². The van der Waals surface area contributed by atoms with E-state index in [-0.39, 0.29) is 0 Å². The molecule has 8 heteroatoms. The van der Waals surface area contributed by atoms with Crippen LogP contribution in [0.1, 0.15) is 0 Å². The van der Waals surface area contributed by atoms with Gasteiger partial charge in [-0.1, -0.05) is 0 Å². The van der Waals surface area contributed by atoms with Crippen LogP contribution in [0.2, 0.25) is 0 Å². The molecule has 1 heterocycles. The van der Waals surface area contributed by atoms with Crippen molar-refractivity contribution in [1.82, 2.24) is 0 Å². The first kappa shape index (κ1) is 12.9. The van der Waals surface area contributed by atoms with Gasteiger partial charge in [-0.05, 0) is 0 Å². The summed E-state index contributed by atoms with van der Waals surface area (Å²) in [6.45, 7) is 1.43. The van der Waals surface area contributed by atoms with Crippen molar-refractivity contribution < 1.29 is 42.7 Å². The number of aliphatic hydroxyl groups is 2. The zero-order valence-corrected chi connectivity index (χ0v) is 11.3. The summed E-state index contributed by atoms with van der Waals surface area (Å²) in [5.74, 6) is -3.05. The second kappa shape index (κ2) is 4.77. The third-order valence-electron chi connectivity index (χ3n) is 1.88. The van der Waals surface area contributed by atoms with Gasteiger partial charge < -0.3 is 0 Å². The van der Waals surface area contributed by atoms with Crippen molar-refractivity contribution in [3.63, 3.8) is 0 Å². The number of rotatable bonds is 3. The van der Waals surface area contributed by atoms with E-state index in [2.05, 4.69) is 4.74 Å². The molecule has 5 atom stereocenters. The van der Waals surface area contributed by atoms with E-state index in [4.69, 9.17) is 12.4 Å². The molecule has 2 N–H and O–H groups in total. The van der Waals surface area contributed by atoms with Gasteiger partial charge in [0, 0.05) is 0 Å². The Morgan fingerprint density at radius 1 is 1.71 bits per heavy atom. The summed E-state index contributed by atoms with van der Waals surface area (Å²) in [5.41, 5.74) is 0. The van der Waals surface area contributed by atoms with Crippen LogP contribution in [-0.4, -0.2) is 55.4 Å². The van der Waals surface area contributed by atoms with Crippen LogP contribution < -0.4 is 0 Å². The van der Waals surface area contributed by atoms with Gasteiger partial charge in [-0.2, -0.15) is 0 Å². The summed E-state index contributed by atoms with van der Waals surface area (Å²) >= 11 is 1.20. The first-order valence-corrected chi connectivity index (χ1v) is 9.45. The van der Waals surface area contributed by atoms with Crippen LogP contribution in [0.3, 0.4) is 0 Å². The van der Waals surface area contributed by atoms with Crippen LogP contribution in [0.25, 0.3) is 0 Å². The Hall–Kier alpha value is 0.823. The summed E-state index contributed by atoms with van der Waals surface area (Å²) in [6.07, 6.45) is -3.06. The zero-order valence-electron chi connectivity index (χ0n) is 7.46. The molecule has 2 radical (unpaired) electrons. The Balaban J connectivity index is 2.61. The predicted molar refractivity (Wildman–Crippen MR) is 45.3 cm³/mol.